The van der Waals surface area contributed by atoms with Crippen LogP contribution in [0.15, 0.2) is 55.0 Å². The van der Waals surface area contributed by atoms with Gasteiger partial charge < -0.3 is 5.32 Å². The normalized spacial score (nSPS) is 10.6. The Morgan fingerprint density at radius 3 is 2.81 bits per heavy atom. The molecule has 3 rings (SSSR count). The molecule has 2 aromatic heterocycles. The molecule has 0 amide bonds. The summed E-state index contributed by atoms with van der Waals surface area (Å²) in [6.07, 6.45) is 5.23. The Bertz CT molecular complexity index is 706. The Morgan fingerprint density at radius 2 is 2.14 bits per heavy atom. The van der Waals surface area contributed by atoms with Crippen molar-refractivity contribution in [3.05, 3.63) is 71.4 Å². The summed E-state index contributed by atoms with van der Waals surface area (Å²) in [5.41, 5.74) is 1.61. The second-order valence-corrected chi connectivity index (χ2v) is 4.92. The average molecular weight is 303 g/mol. The van der Waals surface area contributed by atoms with Crippen LogP contribution in [0.3, 0.4) is 0 Å². The first-order chi connectivity index (χ1) is 10.2. The third kappa shape index (κ3) is 3.38. The minimum absolute atomic E-state index is 0.341. The number of benzene rings is 1. The molecular formula is C15H12ClFN4. The average Bonchev–Trinajstić information content (AvgIpc) is 2.99. The summed E-state index contributed by atoms with van der Waals surface area (Å²) in [6, 6.07) is 10.0. The molecule has 3 aromatic rings. The molecule has 21 heavy (non-hydrogen) atoms. The molecule has 0 saturated carbocycles. The summed E-state index contributed by atoms with van der Waals surface area (Å²) in [4.78, 5) is 4.31. The van der Waals surface area contributed by atoms with E-state index >= 15 is 0 Å². The van der Waals surface area contributed by atoms with Gasteiger partial charge in [0.05, 0.1) is 11.9 Å². The van der Waals surface area contributed by atoms with E-state index in [2.05, 4.69) is 15.4 Å². The maximum Gasteiger partial charge on any atom is 0.153 e. The van der Waals surface area contributed by atoms with Crippen molar-refractivity contribution >= 4 is 17.3 Å². The number of nitrogens with one attached hydrogen (secondary N) is 1. The van der Waals surface area contributed by atoms with Gasteiger partial charge in [-0.1, -0.05) is 11.6 Å². The Labute approximate surface area is 126 Å². The van der Waals surface area contributed by atoms with Gasteiger partial charge in [-0.05, 0) is 42.0 Å². The first-order valence-corrected chi connectivity index (χ1v) is 6.73. The van der Waals surface area contributed by atoms with Crippen LogP contribution in [0, 0.1) is 5.82 Å². The lowest BCUT2D eigenvalue weighted by molar-refractivity contribution is 0.626. The molecule has 4 nitrogen and oxygen atoms in total. The van der Waals surface area contributed by atoms with Crippen LogP contribution in [0.4, 0.5) is 10.1 Å². The summed E-state index contributed by atoms with van der Waals surface area (Å²) in [6.45, 7) is 0.472. The van der Waals surface area contributed by atoms with Gasteiger partial charge >= 0.3 is 0 Å². The third-order valence-electron chi connectivity index (χ3n) is 2.91. The molecule has 0 saturated heterocycles. The van der Waals surface area contributed by atoms with Crippen molar-refractivity contribution in [2.75, 3.05) is 5.32 Å². The van der Waals surface area contributed by atoms with Gasteiger partial charge in [-0.3, -0.25) is 0 Å². The largest absolute Gasteiger partial charge is 0.380 e. The van der Waals surface area contributed by atoms with Crippen molar-refractivity contribution < 1.29 is 4.39 Å². The Morgan fingerprint density at radius 1 is 1.24 bits per heavy atom. The fourth-order valence-electron chi connectivity index (χ4n) is 1.95. The zero-order valence-electron chi connectivity index (χ0n) is 11.0. The highest BCUT2D eigenvalue weighted by Crippen LogP contribution is 2.16. The lowest BCUT2D eigenvalue weighted by Gasteiger charge is -2.08. The second-order valence-electron chi connectivity index (χ2n) is 4.49. The molecule has 0 aliphatic rings. The van der Waals surface area contributed by atoms with E-state index in [1.54, 1.807) is 23.1 Å². The van der Waals surface area contributed by atoms with Crippen LogP contribution in [-0.2, 0) is 6.54 Å². The van der Waals surface area contributed by atoms with Crippen LogP contribution in [0.25, 0.3) is 5.82 Å². The van der Waals surface area contributed by atoms with Gasteiger partial charge in [-0.2, -0.15) is 5.10 Å². The van der Waals surface area contributed by atoms with Gasteiger partial charge in [0.1, 0.15) is 5.82 Å². The van der Waals surface area contributed by atoms with Crippen LogP contribution >= 0.6 is 11.6 Å². The number of rotatable bonds is 4. The maximum atomic E-state index is 13.2. The van der Waals surface area contributed by atoms with Crippen LogP contribution in [-0.4, -0.2) is 14.8 Å². The minimum atomic E-state index is -0.341. The quantitative estimate of drug-likeness (QED) is 0.799. The number of nitrogens with zero attached hydrogens (tertiary/aromatic N) is 3. The molecule has 1 N–H and O–H groups in total. The number of hydrogen-bond donors (Lipinski definition) is 1. The molecular weight excluding hydrogens is 291 g/mol. The van der Waals surface area contributed by atoms with Crippen molar-refractivity contribution in [1.29, 1.82) is 0 Å². The maximum absolute atomic E-state index is 13.2. The van der Waals surface area contributed by atoms with E-state index in [4.69, 9.17) is 11.6 Å². The van der Waals surface area contributed by atoms with Crippen LogP contribution in [0.1, 0.15) is 5.56 Å². The van der Waals surface area contributed by atoms with Gasteiger partial charge in [0.2, 0.25) is 0 Å². The fourth-order valence-corrected chi connectivity index (χ4v) is 2.19. The van der Waals surface area contributed by atoms with Gasteiger partial charge in [-0.25, -0.2) is 14.1 Å². The van der Waals surface area contributed by atoms with E-state index in [1.807, 2.05) is 24.4 Å². The summed E-state index contributed by atoms with van der Waals surface area (Å²) in [5.74, 6) is 0.394. The molecule has 0 aliphatic heterocycles. The van der Waals surface area contributed by atoms with Crippen LogP contribution < -0.4 is 5.32 Å². The third-order valence-corrected chi connectivity index (χ3v) is 3.12. The number of anilines is 1. The zero-order valence-corrected chi connectivity index (χ0v) is 11.8. The molecule has 0 atom stereocenters. The summed E-state index contributed by atoms with van der Waals surface area (Å²) in [5, 5.41) is 7.66. The molecule has 0 aliphatic carbocycles. The van der Waals surface area contributed by atoms with Crippen LogP contribution in [0.2, 0.25) is 5.02 Å². The van der Waals surface area contributed by atoms with Gasteiger partial charge in [0, 0.05) is 24.0 Å². The van der Waals surface area contributed by atoms with Crippen molar-refractivity contribution in [3.63, 3.8) is 0 Å². The molecule has 106 valence electrons. The first-order valence-electron chi connectivity index (χ1n) is 6.35. The van der Waals surface area contributed by atoms with Crippen molar-refractivity contribution in [1.82, 2.24) is 14.8 Å². The highest BCUT2D eigenvalue weighted by Gasteiger charge is 2.01. The highest BCUT2D eigenvalue weighted by atomic mass is 35.5. The van der Waals surface area contributed by atoms with Gasteiger partial charge in [-0.15, -0.1) is 0 Å². The lowest BCUT2D eigenvalue weighted by atomic mass is 10.2. The Hall–Kier alpha value is -2.40. The SMILES string of the molecule is Fc1cc(Cl)cc(CNc2ccc(-n3cccn3)nc2)c1. The van der Waals surface area contributed by atoms with E-state index in [9.17, 15) is 4.39 Å². The van der Waals surface area contributed by atoms with Crippen molar-refractivity contribution in [2.45, 2.75) is 6.54 Å². The molecule has 1 aromatic carbocycles. The number of pyridine rings is 1. The van der Waals surface area contributed by atoms with Gasteiger partial charge in [0.15, 0.2) is 5.82 Å². The Kier molecular flexibility index (Phi) is 3.83. The molecule has 2 heterocycles. The van der Waals surface area contributed by atoms with E-state index in [0.717, 1.165) is 17.1 Å². The van der Waals surface area contributed by atoms with Gasteiger partial charge in [0.25, 0.3) is 0 Å². The van der Waals surface area contributed by atoms with E-state index in [-0.39, 0.29) is 5.82 Å². The number of hydrogen-bond acceptors (Lipinski definition) is 3. The van der Waals surface area contributed by atoms with E-state index < -0.39 is 0 Å². The number of aromatic nitrogens is 3. The van der Waals surface area contributed by atoms with E-state index in [1.165, 1.54) is 12.1 Å². The monoisotopic (exact) mass is 302 g/mol. The first kappa shape index (κ1) is 13.6. The predicted molar refractivity (Wildman–Crippen MR) is 80.1 cm³/mol. The molecule has 6 heteroatoms. The molecule has 0 unspecified atom stereocenters. The minimum Gasteiger partial charge on any atom is -0.380 e. The summed E-state index contributed by atoms with van der Waals surface area (Å²) < 4.78 is 14.9. The predicted octanol–water partition coefficient (Wildman–Crippen LogP) is 3.67. The standard InChI is InChI=1S/C15H12ClFN4/c16-12-6-11(7-13(17)8-12)9-18-14-2-3-15(19-10-14)21-5-1-4-20-21/h1-8,10,18H,9H2. The molecule has 0 spiro atoms. The topological polar surface area (TPSA) is 42.7 Å². The molecule has 0 radical (unpaired) electrons. The fraction of sp³-hybridized carbons (Fsp3) is 0.0667. The van der Waals surface area contributed by atoms with E-state index in [0.29, 0.717) is 11.6 Å². The molecule has 0 bridgehead atoms. The molecule has 0 fully saturated rings. The highest BCUT2D eigenvalue weighted by molar-refractivity contribution is 6.30. The lowest BCUT2D eigenvalue weighted by Crippen LogP contribution is -2.02. The Balaban J connectivity index is 1.68. The summed E-state index contributed by atoms with van der Waals surface area (Å²) in [7, 11) is 0. The van der Waals surface area contributed by atoms with Crippen LogP contribution in [0.5, 0.6) is 0 Å². The smallest absolute Gasteiger partial charge is 0.153 e. The van der Waals surface area contributed by atoms with Crippen molar-refractivity contribution in [2.24, 2.45) is 0 Å². The number of halogens is 2. The van der Waals surface area contributed by atoms with Crippen molar-refractivity contribution in [3.8, 4) is 5.82 Å². The zero-order chi connectivity index (χ0) is 14.7. The second kappa shape index (κ2) is 5.93. The summed E-state index contributed by atoms with van der Waals surface area (Å²) >= 11 is 5.82.